The standard InChI is InChI=1S/C25H28N2O2/c1-17-7-6-15-27(17)16-14-24-19(3)29-25(26-24)21-12-10-20(11-13-21)23-9-5-4-8-22(23)18(2)28/h4-5,8-13,17H,6-7,14-16H2,1-3H3/t17-/m1/s1. The number of Topliss-reactive ketones (excluding diaryl/α,β-unsaturated/α-hetero) is 1. The van der Waals surface area contributed by atoms with Gasteiger partial charge in [0.1, 0.15) is 5.76 Å². The first kappa shape index (κ1) is 19.6. The lowest BCUT2D eigenvalue weighted by atomic mass is 9.97. The fourth-order valence-electron chi connectivity index (χ4n) is 4.19. The van der Waals surface area contributed by atoms with Crippen LogP contribution in [0.2, 0.25) is 0 Å². The minimum Gasteiger partial charge on any atom is -0.441 e. The van der Waals surface area contributed by atoms with Gasteiger partial charge < -0.3 is 9.32 Å². The molecular weight excluding hydrogens is 360 g/mol. The van der Waals surface area contributed by atoms with E-state index in [0.717, 1.165) is 46.7 Å². The summed E-state index contributed by atoms with van der Waals surface area (Å²) < 4.78 is 5.97. The van der Waals surface area contributed by atoms with Gasteiger partial charge >= 0.3 is 0 Å². The van der Waals surface area contributed by atoms with Crippen LogP contribution in [0.4, 0.5) is 0 Å². The van der Waals surface area contributed by atoms with Gasteiger partial charge in [-0.2, -0.15) is 0 Å². The molecule has 4 rings (SSSR count). The molecule has 0 radical (unpaired) electrons. The third-order valence-corrected chi connectivity index (χ3v) is 5.97. The molecular formula is C25H28N2O2. The van der Waals surface area contributed by atoms with Gasteiger partial charge in [-0.25, -0.2) is 4.98 Å². The number of ketones is 1. The Balaban J connectivity index is 1.52. The monoisotopic (exact) mass is 388 g/mol. The third-order valence-electron chi connectivity index (χ3n) is 5.97. The molecule has 1 aromatic heterocycles. The first-order valence-electron chi connectivity index (χ1n) is 10.4. The Kier molecular flexibility index (Phi) is 5.63. The quantitative estimate of drug-likeness (QED) is 0.520. The molecule has 0 spiro atoms. The average Bonchev–Trinajstić information content (AvgIpc) is 3.31. The van der Waals surface area contributed by atoms with Gasteiger partial charge in [0.15, 0.2) is 5.78 Å². The topological polar surface area (TPSA) is 46.3 Å². The molecule has 0 bridgehead atoms. The molecule has 0 N–H and O–H groups in total. The first-order chi connectivity index (χ1) is 14.0. The molecule has 1 aliphatic heterocycles. The summed E-state index contributed by atoms with van der Waals surface area (Å²) >= 11 is 0. The lowest BCUT2D eigenvalue weighted by Gasteiger charge is -2.20. The summed E-state index contributed by atoms with van der Waals surface area (Å²) in [5.74, 6) is 1.64. The Morgan fingerprint density at radius 1 is 1.14 bits per heavy atom. The minimum atomic E-state index is 0.0740. The zero-order valence-corrected chi connectivity index (χ0v) is 17.4. The smallest absolute Gasteiger partial charge is 0.226 e. The Labute approximate surface area is 172 Å². The van der Waals surface area contributed by atoms with Gasteiger partial charge in [-0.05, 0) is 63.4 Å². The van der Waals surface area contributed by atoms with Crippen LogP contribution in [0, 0.1) is 6.92 Å². The van der Waals surface area contributed by atoms with E-state index in [1.807, 2.05) is 55.5 Å². The van der Waals surface area contributed by atoms with E-state index in [2.05, 4.69) is 11.8 Å². The number of oxazole rings is 1. The highest BCUT2D eigenvalue weighted by molar-refractivity contribution is 6.00. The summed E-state index contributed by atoms with van der Waals surface area (Å²) in [7, 11) is 0. The highest BCUT2D eigenvalue weighted by Gasteiger charge is 2.21. The zero-order valence-electron chi connectivity index (χ0n) is 17.4. The van der Waals surface area contributed by atoms with Crippen molar-refractivity contribution in [2.45, 2.75) is 46.1 Å². The minimum absolute atomic E-state index is 0.0740. The molecule has 2 aromatic carbocycles. The summed E-state index contributed by atoms with van der Waals surface area (Å²) in [5, 5.41) is 0. The van der Waals surface area contributed by atoms with Crippen LogP contribution in [0.25, 0.3) is 22.6 Å². The summed E-state index contributed by atoms with van der Waals surface area (Å²) in [4.78, 5) is 19.2. The molecule has 4 nitrogen and oxygen atoms in total. The molecule has 1 saturated heterocycles. The van der Waals surface area contributed by atoms with Crippen molar-refractivity contribution in [2.75, 3.05) is 13.1 Å². The van der Waals surface area contributed by atoms with Crippen molar-refractivity contribution in [1.29, 1.82) is 0 Å². The maximum Gasteiger partial charge on any atom is 0.226 e. The number of benzene rings is 2. The predicted molar refractivity (Wildman–Crippen MR) is 116 cm³/mol. The van der Waals surface area contributed by atoms with Crippen LogP contribution in [0.1, 0.15) is 48.5 Å². The molecule has 0 aliphatic carbocycles. The van der Waals surface area contributed by atoms with Crippen molar-refractivity contribution >= 4 is 5.78 Å². The Morgan fingerprint density at radius 3 is 2.55 bits per heavy atom. The van der Waals surface area contributed by atoms with Crippen molar-refractivity contribution in [3.63, 3.8) is 0 Å². The van der Waals surface area contributed by atoms with E-state index in [-0.39, 0.29) is 5.78 Å². The summed E-state index contributed by atoms with van der Waals surface area (Å²) in [6.07, 6.45) is 3.51. The van der Waals surface area contributed by atoms with E-state index in [0.29, 0.717) is 11.9 Å². The largest absolute Gasteiger partial charge is 0.441 e. The second-order valence-corrected chi connectivity index (χ2v) is 7.98. The van der Waals surface area contributed by atoms with Crippen molar-refractivity contribution in [1.82, 2.24) is 9.88 Å². The molecule has 0 unspecified atom stereocenters. The molecule has 1 atom stereocenters. The summed E-state index contributed by atoms with van der Waals surface area (Å²) in [6, 6.07) is 16.5. The van der Waals surface area contributed by atoms with Crippen LogP contribution < -0.4 is 0 Å². The molecule has 1 fully saturated rings. The highest BCUT2D eigenvalue weighted by atomic mass is 16.4. The number of nitrogens with zero attached hydrogens (tertiary/aromatic N) is 2. The van der Waals surface area contributed by atoms with Crippen molar-refractivity contribution in [3.05, 3.63) is 65.5 Å². The first-order valence-corrected chi connectivity index (χ1v) is 10.4. The second-order valence-electron chi connectivity index (χ2n) is 7.98. The number of aromatic nitrogens is 1. The highest BCUT2D eigenvalue weighted by Crippen LogP contribution is 2.28. The molecule has 0 saturated carbocycles. The van der Waals surface area contributed by atoms with E-state index in [4.69, 9.17) is 9.40 Å². The Morgan fingerprint density at radius 2 is 1.86 bits per heavy atom. The number of hydrogen-bond donors (Lipinski definition) is 0. The Bertz CT molecular complexity index is 1000. The Hall–Kier alpha value is -2.72. The van der Waals surface area contributed by atoms with Gasteiger partial charge in [0.2, 0.25) is 5.89 Å². The van der Waals surface area contributed by atoms with Gasteiger partial charge in [0.05, 0.1) is 5.69 Å². The average molecular weight is 389 g/mol. The number of hydrogen-bond acceptors (Lipinski definition) is 4. The van der Waals surface area contributed by atoms with Gasteiger partial charge in [0.25, 0.3) is 0 Å². The number of carbonyl (C=O) groups is 1. The fourth-order valence-corrected chi connectivity index (χ4v) is 4.19. The summed E-state index contributed by atoms with van der Waals surface area (Å²) in [6.45, 7) is 8.13. The molecule has 150 valence electrons. The maximum atomic E-state index is 11.9. The van der Waals surface area contributed by atoms with Gasteiger partial charge in [-0.15, -0.1) is 0 Å². The number of aryl methyl sites for hydroxylation is 1. The van der Waals surface area contributed by atoms with Crippen molar-refractivity contribution < 1.29 is 9.21 Å². The molecule has 2 heterocycles. The van der Waals surface area contributed by atoms with Crippen LogP contribution >= 0.6 is 0 Å². The van der Waals surface area contributed by atoms with Crippen LogP contribution in [0.5, 0.6) is 0 Å². The lowest BCUT2D eigenvalue weighted by Crippen LogP contribution is -2.29. The van der Waals surface area contributed by atoms with Crippen LogP contribution in [0.3, 0.4) is 0 Å². The predicted octanol–water partition coefficient (Wildman–Crippen LogP) is 5.55. The fraction of sp³-hybridized carbons (Fsp3) is 0.360. The lowest BCUT2D eigenvalue weighted by molar-refractivity contribution is 0.101. The molecule has 4 heteroatoms. The third kappa shape index (κ3) is 4.18. The normalized spacial score (nSPS) is 17.0. The maximum absolute atomic E-state index is 11.9. The van der Waals surface area contributed by atoms with E-state index < -0.39 is 0 Å². The second kappa shape index (κ2) is 8.34. The van der Waals surface area contributed by atoms with Crippen LogP contribution in [-0.2, 0) is 6.42 Å². The zero-order chi connectivity index (χ0) is 20.4. The molecule has 3 aromatic rings. The van der Waals surface area contributed by atoms with Gasteiger partial charge in [0, 0.05) is 30.1 Å². The number of carbonyl (C=O) groups excluding carboxylic acids is 1. The molecule has 29 heavy (non-hydrogen) atoms. The van der Waals surface area contributed by atoms with Crippen LogP contribution in [0.15, 0.2) is 52.9 Å². The van der Waals surface area contributed by atoms with Gasteiger partial charge in [-0.1, -0.05) is 36.4 Å². The van der Waals surface area contributed by atoms with Crippen molar-refractivity contribution in [3.8, 4) is 22.6 Å². The summed E-state index contributed by atoms with van der Waals surface area (Å²) in [5.41, 5.74) is 4.72. The van der Waals surface area contributed by atoms with Crippen molar-refractivity contribution in [2.24, 2.45) is 0 Å². The van der Waals surface area contributed by atoms with E-state index in [9.17, 15) is 4.79 Å². The molecule has 0 amide bonds. The van der Waals surface area contributed by atoms with Crippen LogP contribution in [-0.4, -0.2) is 34.8 Å². The van der Waals surface area contributed by atoms with Gasteiger partial charge in [-0.3, -0.25) is 4.79 Å². The number of rotatable bonds is 6. The van der Waals surface area contributed by atoms with E-state index >= 15 is 0 Å². The van der Waals surface area contributed by atoms with E-state index in [1.54, 1.807) is 6.92 Å². The molecule has 1 aliphatic rings. The van der Waals surface area contributed by atoms with E-state index in [1.165, 1.54) is 19.4 Å². The number of likely N-dealkylation sites (tertiary alicyclic amines) is 1. The SMILES string of the molecule is CC(=O)c1ccccc1-c1ccc(-c2nc(CCN3CCC[C@H]3C)c(C)o2)cc1.